The standard InChI is InChI=1S/C10H11N3O5/c1-10(2,13(17)18)9(14)11-7-3-5-8(6-4-7)12(15)16/h3-6H,1-2H3,(H,11,14). The van der Waals surface area contributed by atoms with Gasteiger partial charge in [-0.25, -0.2) is 0 Å². The molecule has 1 amide bonds. The van der Waals surface area contributed by atoms with Crippen LogP contribution in [0.3, 0.4) is 0 Å². The highest BCUT2D eigenvalue weighted by molar-refractivity contribution is 5.96. The summed E-state index contributed by atoms with van der Waals surface area (Å²) < 4.78 is 0. The van der Waals surface area contributed by atoms with Crippen LogP contribution in [-0.4, -0.2) is 21.3 Å². The molecule has 0 fully saturated rings. The average molecular weight is 253 g/mol. The molecule has 8 heteroatoms. The quantitative estimate of drug-likeness (QED) is 0.646. The summed E-state index contributed by atoms with van der Waals surface area (Å²) in [6.07, 6.45) is 0. The lowest BCUT2D eigenvalue weighted by Gasteiger charge is -2.14. The molecule has 0 saturated carbocycles. The molecule has 0 radical (unpaired) electrons. The fourth-order valence-electron chi connectivity index (χ4n) is 1.03. The van der Waals surface area contributed by atoms with Crippen LogP contribution in [0.4, 0.5) is 11.4 Å². The Morgan fingerprint density at radius 3 is 2.06 bits per heavy atom. The summed E-state index contributed by atoms with van der Waals surface area (Å²) in [6, 6.07) is 5.03. The van der Waals surface area contributed by atoms with E-state index in [0.717, 1.165) is 0 Å². The Kier molecular flexibility index (Phi) is 3.60. The largest absolute Gasteiger partial charge is 0.320 e. The number of hydrogen-bond donors (Lipinski definition) is 1. The number of anilines is 1. The van der Waals surface area contributed by atoms with Crippen molar-refractivity contribution in [3.8, 4) is 0 Å². The third kappa shape index (κ3) is 2.78. The van der Waals surface area contributed by atoms with E-state index in [0.29, 0.717) is 0 Å². The summed E-state index contributed by atoms with van der Waals surface area (Å²) in [6.45, 7) is 2.35. The van der Waals surface area contributed by atoms with Crippen molar-refractivity contribution in [3.05, 3.63) is 44.5 Å². The van der Waals surface area contributed by atoms with Gasteiger partial charge in [-0.05, 0) is 12.1 Å². The molecule has 1 rings (SSSR count). The number of nitro benzene ring substituents is 1. The van der Waals surface area contributed by atoms with Gasteiger partial charge in [-0.1, -0.05) is 0 Å². The molecular weight excluding hydrogens is 242 g/mol. The highest BCUT2D eigenvalue weighted by Crippen LogP contribution is 2.17. The normalized spacial score (nSPS) is 10.8. The molecule has 0 aliphatic heterocycles. The zero-order chi connectivity index (χ0) is 13.9. The van der Waals surface area contributed by atoms with Crippen molar-refractivity contribution in [2.45, 2.75) is 19.4 Å². The summed E-state index contributed by atoms with van der Waals surface area (Å²) in [5.41, 5.74) is -1.62. The Hall–Kier alpha value is -2.51. The van der Waals surface area contributed by atoms with Crippen LogP contribution in [0.1, 0.15) is 13.8 Å². The minimum Gasteiger partial charge on any atom is -0.320 e. The predicted octanol–water partition coefficient (Wildman–Crippen LogP) is 1.59. The van der Waals surface area contributed by atoms with Crippen molar-refractivity contribution in [1.82, 2.24) is 0 Å². The number of non-ortho nitro benzene ring substituents is 1. The van der Waals surface area contributed by atoms with Crippen LogP contribution in [0.2, 0.25) is 0 Å². The molecule has 0 spiro atoms. The molecule has 96 valence electrons. The molecule has 0 heterocycles. The maximum atomic E-state index is 11.6. The average Bonchev–Trinajstić information content (AvgIpc) is 2.29. The van der Waals surface area contributed by atoms with Crippen LogP contribution < -0.4 is 5.32 Å². The zero-order valence-corrected chi connectivity index (χ0v) is 9.75. The number of carbonyl (C=O) groups excluding carboxylic acids is 1. The van der Waals surface area contributed by atoms with E-state index in [-0.39, 0.29) is 11.4 Å². The van der Waals surface area contributed by atoms with Crippen molar-refractivity contribution < 1.29 is 14.6 Å². The Morgan fingerprint density at radius 2 is 1.67 bits per heavy atom. The van der Waals surface area contributed by atoms with E-state index >= 15 is 0 Å². The summed E-state index contributed by atoms with van der Waals surface area (Å²) in [7, 11) is 0. The Morgan fingerprint density at radius 1 is 1.17 bits per heavy atom. The zero-order valence-electron chi connectivity index (χ0n) is 9.75. The van der Waals surface area contributed by atoms with Crippen LogP contribution in [-0.2, 0) is 4.79 Å². The van der Waals surface area contributed by atoms with Gasteiger partial charge in [0.25, 0.3) is 11.2 Å². The van der Waals surface area contributed by atoms with Crippen LogP contribution >= 0.6 is 0 Å². The first-order valence-electron chi connectivity index (χ1n) is 4.95. The van der Waals surface area contributed by atoms with E-state index in [1.165, 1.54) is 38.1 Å². The molecule has 0 aliphatic rings. The van der Waals surface area contributed by atoms with E-state index < -0.39 is 21.3 Å². The molecule has 1 N–H and O–H groups in total. The lowest BCUT2D eigenvalue weighted by Crippen LogP contribution is -2.44. The summed E-state index contributed by atoms with van der Waals surface area (Å²) in [5.74, 6) is -0.790. The van der Waals surface area contributed by atoms with E-state index in [4.69, 9.17) is 0 Å². The van der Waals surface area contributed by atoms with Gasteiger partial charge < -0.3 is 5.32 Å². The molecule has 1 aromatic carbocycles. The number of amides is 1. The number of nitrogens with one attached hydrogen (secondary N) is 1. The van der Waals surface area contributed by atoms with Crippen molar-refractivity contribution in [2.24, 2.45) is 0 Å². The Bertz CT molecular complexity index is 495. The first-order chi connectivity index (χ1) is 8.25. The van der Waals surface area contributed by atoms with E-state index in [9.17, 15) is 25.0 Å². The Labute approximate surface area is 102 Å². The maximum absolute atomic E-state index is 11.6. The van der Waals surface area contributed by atoms with Crippen LogP contribution in [0.25, 0.3) is 0 Å². The number of benzene rings is 1. The summed E-state index contributed by atoms with van der Waals surface area (Å²) >= 11 is 0. The molecule has 18 heavy (non-hydrogen) atoms. The SMILES string of the molecule is CC(C)(C(=O)Nc1ccc([N+](=O)[O-])cc1)[N+](=O)[O-]. The molecule has 1 aromatic rings. The van der Waals surface area contributed by atoms with Gasteiger partial charge >= 0.3 is 5.91 Å². The predicted molar refractivity (Wildman–Crippen MR) is 62.8 cm³/mol. The van der Waals surface area contributed by atoms with Crippen molar-refractivity contribution in [1.29, 1.82) is 0 Å². The first kappa shape index (κ1) is 13.6. The van der Waals surface area contributed by atoms with Crippen LogP contribution in [0, 0.1) is 20.2 Å². The molecule has 0 unspecified atom stereocenters. The van der Waals surface area contributed by atoms with Gasteiger partial charge in [0, 0.05) is 36.6 Å². The fraction of sp³-hybridized carbons (Fsp3) is 0.300. The number of rotatable bonds is 4. The number of nitrogens with zero attached hydrogens (tertiary/aromatic N) is 2. The second kappa shape index (κ2) is 4.78. The van der Waals surface area contributed by atoms with Gasteiger partial charge in [-0.2, -0.15) is 0 Å². The lowest BCUT2D eigenvalue weighted by atomic mass is 10.1. The third-order valence-electron chi connectivity index (χ3n) is 2.35. The van der Waals surface area contributed by atoms with E-state index in [1.807, 2.05) is 0 Å². The van der Waals surface area contributed by atoms with Gasteiger partial charge in [-0.3, -0.25) is 25.0 Å². The van der Waals surface area contributed by atoms with Crippen LogP contribution in [0.5, 0.6) is 0 Å². The van der Waals surface area contributed by atoms with Crippen LogP contribution in [0.15, 0.2) is 24.3 Å². The highest BCUT2D eigenvalue weighted by Gasteiger charge is 2.40. The van der Waals surface area contributed by atoms with Gasteiger partial charge in [0.1, 0.15) is 0 Å². The minimum absolute atomic E-state index is 0.124. The summed E-state index contributed by atoms with van der Waals surface area (Å²) in [5, 5.41) is 23.4. The second-order valence-electron chi connectivity index (χ2n) is 4.07. The molecule has 8 nitrogen and oxygen atoms in total. The molecule has 0 saturated heterocycles. The smallest absolute Gasteiger partial charge is 0.301 e. The second-order valence-corrected chi connectivity index (χ2v) is 4.07. The number of hydrogen-bond acceptors (Lipinski definition) is 5. The van der Waals surface area contributed by atoms with E-state index in [2.05, 4.69) is 5.32 Å². The van der Waals surface area contributed by atoms with Crippen molar-refractivity contribution in [3.63, 3.8) is 0 Å². The molecule has 0 bridgehead atoms. The van der Waals surface area contributed by atoms with Crippen molar-refractivity contribution >= 4 is 17.3 Å². The highest BCUT2D eigenvalue weighted by atomic mass is 16.6. The van der Waals surface area contributed by atoms with Gasteiger partial charge in [0.05, 0.1) is 4.92 Å². The minimum atomic E-state index is -1.76. The summed E-state index contributed by atoms with van der Waals surface area (Å²) in [4.78, 5) is 31.4. The molecule has 0 aliphatic carbocycles. The lowest BCUT2D eigenvalue weighted by molar-refractivity contribution is -0.542. The van der Waals surface area contributed by atoms with Gasteiger partial charge in [-0.15, -0.1) is 0 Å². The number of carbonyl (C=O) groups is 1. The van der Waals surface area contributed by atoms with Gasteiger partial charge in [0.15, 0.2) is 0 Å². The Balaban J connectivity index is 2.83. The fourth-order valence-corrected chi connectivity index (χ4v) is 1.03. The van der Waals surface area contributed by atoms with Gasteiger partial charge in [0.2, 0.25) is 0 Å². The molecule has 0 aromatic heterocycles. The van der Waals surface area contributed by atoms with E-state index in [1.54, 1.807) is 0 Å². The first-order valence-corrected chi connectivity index (χ1v) is 4.95. The monoisotopic (exact) mass is 253 g/mol. The topological polar surface area (TPSA) is 115 Å². The molecule has 0 atom stereocenters. The number of nitro groups is 2. The molecular formula is C10H11N3O5. The third-order valence-corrected chi connectivity index (χ3v) is 2.35. The van der Waals surface area contributed by atoms with Crippen molar-refractivity contribution in [2.75, 3.05) is 5.32 Å². The maximum Gasteiger partial charge on any atom is 0.301 e.